The van der Waals surface area contributed by atoms with E-state index in [1.165, 1.54) is 0 Å². The molecule has 1 aromatic carbocycles. The molecule has 1 aromatic rings. The van der Waals surface area contributed by atoms with E-state index in [1.807, 2.05) is 31.2 Å². The van der Waals surface area contributed by atoms with Crippen LogP contribution in [0.2, 0.25) is 0 Å². The second-order valence-electron chi connectivity index (χ2n) is 3.09. The lowest BCUT2D eigenvalue weighted by Crippen LogP contribution is -2.24. The summed E-state index contributed by atoms with van der Waals surface area (Å²) >= 11 is 0. The standard InChI is InChI=1S/C11H15NO2/c1-3-14-11(13)10(12)9-7-5-4-6-8(9)2/h4-7,10H,3,12H2,1-2H3/t10-/m0/s1. The van der Waals surface area contributed by atoms with E-state index in [0.717, 1.165) is 11.1 Å². The summed E-state index contributed by atoms with van der Waals surface area (Å²) in [6.45, 7) is 4.05. The van der Waals surface area contributed by atoms with Gasteiger partial charge in [-0.25, -0.2) is 4.79 Å². The van der Waals surface area contributed by atoms with Gasteiger partial charge in [-0.2, -0.15) is 0 Å². The molecule has 0 bridgehead atoms. The molecule has 3 heteroatoms. The van der Waals surface area contributed by atoms with Crippen LogP contribution in [-0.2, 0) is 9.53 Å². The van der Waals surface area contributed by atoms with Crippen molar-refractivity contribution >= 4 is 5.97 Å². The first-order valence-electron chi connectivity index (χ1n) is 4.64. The van der Waals surface area contributed by atoms with Crippen molar-refractivity contribution in [3.05, 3.63) is 35.4 Å². The maximum atomic E-state index is 11.3. The second-order valence-corrected chi connectivity index (χ2v) is 3.09. The van der Waals surface area contributed by atoms with E-state index in [0.29, 0.717) is 6.61 Å². The highest BCUT2D eigenvalue weighted by Crippen LogP contribution is 2.16. The van der Waals surface area contributed by atoms with Gasteiger partial charge in [-0.05, 0) is 25.0 Å². The van der Waals surface area contributed by atoms with Gasteiger partial charge < -0.3 is 10.5 Å². The molecular weight excluding hydrogens is 178 g/mol. The summed E-state index contributed by atoms with van der Waals surface area (Å²) < 4.78 is 4.85. The van der Waals surface area contributed by atoms with Crippen molar-refractivity contribution in [2.45, 2.75) is 19.9 Å². The molecule has 0 aromatic heterocycles. The fourth-order valence-electron chi connectivity index (χ4n) is 1.29. The molecule has 76 valence electrons. The normalized spacial score (nSPS) is 12.2. The summed E-state index contributed by atoms with van der Waals surface area (Å²) in [7, 11) is 0. The number of hydrogen-bond acceptors (Lipinski definition) is 3. The van der Waals surface area contributed by atoms with Crippen molar-refractivity contribution in [2.24, 2.45) is 5.73 Å². The number of carbonyl (C=O) groups is 1. The van der Waals surface area contributed by atoms with Crippen molar-refractivity contribution in [3.63, 3.8) is 0 Å². The first kappa shape index (κ1) is 10.7. The van der Waals surface area contributed by atoms with Crippen LogP contribution in [0.15, 0.2) is 24.3 Å². The highest BCUT2D eigenvalue weighted by atomic mass is 16.5. The Morgan fingerprint density at radius 2 is 2.14 bits per heavy atom. The highest BCUT2D eigenvalue weighted by molar-refractivity contribution is 5.77. The number of nitrogens with two attached hydrogens (primary N) is 1. The summed E-state index contributed by atoms with van der Waals surface area (Å²) in [6, 6.07) is 6.87. The van der Waals surface area contributed by atoms with Crippen LogP contribution in [0, 0.1) is 6.92 Å². The summed E-state index contributed by atoms with van der Waals surface area (Å²) in [5, 5.41) is 0. The fraction of sp³-hybridized carbons (Fsp3) is 0.364. The van der Waals surface area contributed by atoms with Gasteiger partial charge in [0.25, 0.3) is 0 Å². The van der Waals surface area contributed by atoms with E-state index in [1.54, 1.807) is 6.92 Å². The zero-order valence-electron chi connectivity index (χ0n) is 8.49. The van der Waals surface area contributed by atoms with Crippen molar-refractivity contribution in [3.8, 4) is 0 Å². The Hall–Kier alpha value is -1.35. The van der Waals surface area contributed by atoms with Crippen LogP contribution in [0.5, 0.6) is 0 Å². The molecule has 14 heavy (non-hydrogen) atoms. The molecule has 0 fully saturated rings. The third-order valence-corrected chi connectivity index (χ3v) is 2.06. The Morgan fingerprint density at radius 1 is 1.50 bits per heavy atom. The van der Waals surface area contributed by atoms with Crippen LogP contribution in [0.3, 0.4) is 0 Å². The molecule has 0 spiro atoms. The van der Waals surface area contributed by atoms with Gasteiger partial charge in [0.2, 0.25) is 0 Å². The van der Waals surface area contributed by atoms with Crippen LogP contribution in [-0.4, -0.2) is 12.6 Å². The number of rotatable bonds is 3. The van der Waals surface area contributed by atoms with Crippen molar-refractivity contribution < 1.29 is 9.53 Å². The number of ether oxygens (including phenoxy) is 1. The van der Waals surface area contributed by atoms with Crippen LogP contribution >= 0.6 is 0 Å². The van der Waals surface area contributed by atoms with Gasteiger partial charge in [-0.3, -0.25) is 0 Å². The van der Waals surface area contributed by atoms with Crippen molar-refractivity contribution in [2.75, 3.05) is 6.61 Å². The largest absolute Gasteiger partial charge is 0.465 e. The smallest absolute Gasteiger partial charge is 0.327 e. The molecule has 0 aliphatic heterocycles. The van der Waals surface area contributed by atoms with Gasteiger partial charge in [0.15, 0.2) is 0 Å². The molecule has 0 heterocycles. The van der Waals surface area contributed by atoms with E-state index in [4.69, 9.17) is 10.5 Å². The highest BCUT2D eigenvalue weighted by Gasteiger charge is 2.17. The van der Waals surface area contributed by atoms with E-state index in [9.17, 15) is 4.79 Å². The van der Waals surface area contributed by atoms with Crippen LogP contribution in [0.1, 0.15) is 24.1 Å². The molecule has 1 rings (SSSR count). The number of hydrogen-bond donors (Lipinski definition) is 1. The Bertz CT molecular complexity index is 323. The monoisotopic (exact) mass is 193 g/mol. The Kier molecular flexibility index (Phi) is 3.65. The molecule has 0 radical (unpaired) electrons. The quantitative estimate of drug-likeness (QED) is 0.741. The number of esters is 1. The zero-order valence-corrected chi connectivity index (χ0v) is 8.49. The Morgan fingerprint density at radius 3 is 2.71 bits per heavy atom. The SMILES string of the molecule is CCOC(=O)[C@@H](N)c1ccccc1C. The number of benzene rings is 1. The molecule has 0 aliphatic rings. The molecule has 0 aliphatic carbocycles. The molecular formula is C11H15NO2. The van der Waals surface area contributed by atoms with Gasteiger partial charge in [0.1, 0.15) is 6.04 Å². The first-order chi connectivity index (χ1) is 6.66. The third-order valence-electron chi connectivity index (χ3n) is 2.06. The van der Waals surface area contributed by atoms with Gasteiger partial charge >= 0.3 is 5.97 Å². The van der Waals surface area contributed by atoms with Crippen molar-refractivity contribution in [1.29, 1.82) is 0 Å². The minimum Gasteiger partial charge on any atom is -0.465 e. The molecule has 0 unspecified atom stereocenters. The van der Waals surface area contributed by atoms with E-state index >= 15 is 0 Å². The maximum absolute atomic E-state index is 11.3. The lowest BCUT2D eigenvalue weighted by molar-refractivity contribution is -0.144. The van der Waals surface area contributed by atoms with E-state index in [2.05, 4.69) is 0 Å². The predicted octanol–water partition coefficient (Wildman–Crippen LogP) is 1.56. The maximum Gasteiger partial charge on any atom is 0.327 e. The van der Waals surface area contributed by atoms with E-state index < -0.39 is 6.04 Å². The lowest BCUT2D eigenvalue weighted by atomic mass is 10.0. The Balaban J connectivity index is 2.84. The molecule has 1 atom stereocenters. The topological polar surface area (TPSA) is 52.3 Å². The van der Waals surface area contributed by atoms with Gasteiger partial charge in [0.05, 0.1) is 6.61 Å². The van der Waals surface area contributed by atoms with Gasteiger partial charge in [0, 0.05) is 0 Å². The summed E-state index contributed by atoms with van der Waals surface area (Å²) in [4.78, 5) is 11.3. The number of carbonyl (C=O) groups excluding carboxylic acids is 1. The van der Waals surface area contributed by atoms with E-state index in [-0.39, 0.29) is 5.97 Å². The third kappa shape index (κ3) is 2.33. The number of aryl methyl sites for hydroxylation is 1. The summed E-state index contributed by atoms with van der Waals surface area (Å²) in [5.41, 5.74) is 7.58. The van der Waals surface area contributed by atoms with Crippen molar-refractivity contribution in [1.82, 2.24) is 0 Å². The summed E-state index contributed by atoms with van der Waals surface area (Å²) in [6.07, 6.45) is 0. The van der Waals surface area contributed by atoms with Gasteiger partial charge in [-0.15, -0.1) is 0 Å². The minimum absolute atomic E-state index is 0.360. The average Bonchev–Trinajstić information content (AvgIpc) is 2.18. The minimum atomic E-state index is -0.670. The first-order valence-corrected chi connectivity index (χ1v) is 4.64. The molecule has 3 nitrogen and oxygen atoms in total. The van der Waals surface area contributed by atoms with Crippen LogP contribution in [0.25, 0.3) is 0 Å². The molecule has 0 saturated heterocycles. The Labute approximate surface area is 83.9 Å². The molecule has 0 saturated carbocycles. The lowest BCUT2D eigenvalue weighted by Gasteiger charge is -2.12. The zero-order chi connectivity index (χ0) is 10.6. The average molecular weight is 193 g/mol. The predicted molar refractivity (Wildman–Crippen MR) is 54.7 cm³/mol. The molecule has 2 N–H and O–H groups in total. The fourth-order valence-corrected chi connectivity index (χ4v) is 1.29. The van der Waals surface area contributed by atoms with Gasteiger partial charge in [-0.1, -0.05) is 24.3 Å². The van der Waals surface area contributed by atoms with Crippen LogP contribution < -0.4 is 5.73 Å². The molecule has 0 amide bonds. The second kappa shape index (κ2) is 4.77. The summed E-state index contributed by atoms with van der Waals surface area (Å²) in [5.74, 6) is -0.373. The van der Waals surface area contributed by atoms with Crippen LogP contribution in [0.4, 0.5) is 0 Å².